The molecule has 15 heavy (non-hydrogen) atoms. The van der Waals surface area contributed by atoms with Gasteiger partial charge < -0.3 is 15.4 Å². The second-order valence-electron chi connectivity index (χ2n) is 3.74. The van der Waals surface area contributed by atoms with Crippen LogP contribution in [0.15, 0.2) is 12.4 Å². The number of hydrogen-bond acceptors (Lipinski definition) is 5. The molecule has 0 saturated carbocycles. The van der Waals surface area contributed by atoms with Gasteiger partial charge in [-0.25, -0.2) is 9.97 Å². The molecule has 1 aliphatic heterocycles. The first-order chi connectivity index (χ1) is 7.31. The molecule has 0 bridgehead atoms. The maximum Gasteiger partial charge on any atom is 0.257 e. The topological polar surface area (TPSA) is 64.3 Å². The van der Waals surface area contributed by atoms with E-state index in [1.54, 1.807) is 19.5 Å². The molecule has 5 nitrogen and oxygen atoms in total. The molecule has 1 aliphatic rings. The summed E-state index contributed by atoms with van der Waals surface area (Å²) in [5.74, 6) is 1.38. The van der Waals surface area contributed by atoms with Crippen molar-refractivity contribution < 1.29 is 4.74 Å². The fraction of sp³-hybridized carbons (Fsp3) is 0.600. The molecule has 2 N–H and O–H groups in total. The Morgan fingerprint density at radius 3 is 3.00 bits per heavy atom. The van der Waals surface area contributed by atoms with Crippen LogP contribution >= 0.6 is 0 Å². The summed E-state index contributed by atoms with van der Waals surface area (Å²) in [6.07, 6.45) is 5.49. The predicted octanol–water partition coefficient (Wildman–Crippen LogP) is 0.413. The summed E-state index contributed by atoms with van der Waals surface area (Å²) < 4.78 is 5.18. The van der Waals surface area contributed by atoms with Crippen LogP contribution in [0.1, 0.15) is 12.8 Å². The Bertz CT molecular complexity index is 331. The lowest BCUT2D eigenvalue weighted by atomic mass is 10.1. The Balaban J connectivity index is 2.20. The Morgan fingerprint density at radius 1 is 1.47 bits per heavy atom. The Morgan fingerprint density at radius 2 is 2.27 bits per heavy atom. The number of rotatable bonds is 2. The molecule has 2 heterocycles. The molecule has 1 unspecified atom stereocenters. The summed E-state index contributed by atoms with van der Waals surface area (Å²) in [5, 5.41) is 0. The standard InChI is InChI=1S/C10H16N4O/c1-15-10-9(12-4-5-13-10)14-6-2-3-8(11)7-14/h4-5,8H,2-3,6-7,11H2,1H3. The zero-order chi connectivity index (χ0) is 10.7. The van der Waals surface area contributed by atoms with E-state index in [4.69, 9.17) is 10.5 Å². The van der Waals surface area contributed by atoms with Crippen LogP contribution in [0.3, 0.4) is 0 Å². The summed E-state index contributed by atoms with van der Waals surface area (Å²) >= 11 is 0. The highest BCUT2D eigenvalue weighted by Gasteiger charge is 2.20. The zero-order valence-electron chi connectivity index (χ0n) is 8.89. The van der Waals surface area contributed by atoms with Crippen molar-refractivity contribution in [2.45, 2.75) is 18.9 Å². The van der Waals surface area contributed by atoms with E-state index in [1.807, 2.05) is 0 Å². The molecule has 1 aromatic heterocycles. The van der Waals surface area contributed by atoms with E-state index in [0.29, 0.717) is 5.88 Å². The van der Waals surface area contributed by atoms with E-state index in [2.05, 4.69) is 14.9 Å². The van der Waals surface area contributed by atoms with Gasteiger partial charge in [0.05, 0.1) is 7.11 Å². The molecule has 0 aliphatic carbocycles. The lowest BCUT2D eigenvalue weighted by Crippen LogP contribution is -2.43. The minimum absolute atomic E-state index is 0.227. The number of nitrogens with zero attached hydrogens (tertiary/aromatic N) is 3. The van der Waals surface area contributed by atoms with Gasteiger partial charge in [0.25, 0.3) is 5.88 Å². The van der Waals surface area contributed by atoms with Crippen molar-refractivity contribution in [2.75, 3.05) is 25.1 Å². The van der Waals surface area contributed by atoms with Gasteiger partial charge in [0.2, 0.25) is 0 Å². The molecule has 1 fully saturated rings. The van der Waals surface area contributed by atoms with Gasteiger partial charge in [-0.05, 0) is 12.8 Å². The van der Waals surface area contributed by atoms with Crippen molar-refractivity contribution in [3.63, 3.8) is 0 Å². The second kappa shape index (κ2) is 4.44. The fourth-order valence-electron chi connectivity index (χ4n) is 1.88. The number of hydrogen-bond donors (Lipinski definition) is 1. The SMILES string of the molecule is COc1nccnc1N1CCCC(N)C1. The van der Waals surface area contributed by atoms with E-state index in [-0.39, 0.29) is 6.04 Å². The molecule has 1 aromatic rings. The number of piperidine rings is 1. The molecule has 2 rings (SSSR count). The molecule has 0 amide bonds. The maximum absolute atomic E-state index is 5.92. The maximum atomic E-state index is 5.92. The summed E-state index contributed by atoms with van der Waals surface area (Å²) in [6.45, 7) is 1.80. The highest BCUT2D eigenvalue weighted by molar-refractivity contribution is 5.48. The Hall–Kier alpha value is -1.36. The van der Waals surface area contributed by atoms with Gasteiger partial charge in [-0.1, -0.05) is 0 Å². The van der Waals surface area contributed by atoms with E-state index >= 15 is 0 Å². The number of methoxy groups -OCH3 is 1. The van der Waals surface area contributed by atoms with Gasteiger partial charge in [-0.2, -0.15) is 0 Å². The van der Waals surface area contributed by atoms with Crippen LogP contribution in [-0.2, 0) is 0 Å². The molecular formula is C10H16N4O. The average Bonchev–Trinajstić information content (AvgIpc) is 2.29. The van der Waals surface area contributed by atoms with Crippen LogP contribution in [0.5, 0.6) is 5.88 Å². The normalized spacial score (nSPS) is 21.5. The Labute approximate surface area is 89.3 Å². The van der Waals surface area contributed by atoms with E-state index in [9.17, 15) is 0 Å². The van der Waals surface area contributed by atoms with Gasteiger partial charge in [-0.15, -0.1) is 0 Å². The van der Waals surface area contributed by atoms with Crippen LogP contribution in [0.4, 0.5) is 5.82 Å². The van der Waals surface area contributed by atoms with Gasteiger partial charge >= 0.3 is 0 Å². The lowest BCUT2D eigenvalue weighted by molar-refractivity contribution is 0.392. The van der Waals surface area contributed by atoms with Crippen LogP contribution < -0.4 is 15.4 Å². The second-order valence-corrected chi connectivity index (χ2v) is 3.74. The van der Waals surface area contributed by atoms with Gasteiger partial charge in [0.1, 0.15) is 0 Å². The van der Waals surface area contributed by atoms with Gasteiger partial charge in [-0.3, -0.25) is 0 Å². The largest absolute Gasteiger partial charge is 0.478 e. The summed E-state index contributed by atoms with van der Waals surface area (Å²) in [5.41, 5.74) is 5.92. The lowest BCUT2D eigenvalue weighted by Gasteiger charge is -2.31. The predicted molar refractivity (Wildman–Crippen MR) is 58.0 cm³/mol. The van der Waals surface area contributed by atoms with Crippen LogP contribution in [0.25, 0.3) is 0 Å². The highest BCUT2D eigenvalue weighted by atomic mass is 16.5. The van der Waals surface area contributed by atoms with E-state index in [1.165, 1.54) is 0 Å². The van der Waals surface area contributed by atoms with Crippen molar-refractivity contribution in [1.29, 1.82) is 0 Å². The van der Waals surface area contributed by atoms with Gasteiger partial charge in [0, 0.05) is 31.5 Å². The van der Waals surface area contributed by atoms with Crippen molar-refractivity contribution in [2.24, 2.45) is 5.73 Å². The molecule has 0 radical (unpaired) electrons. The molecule has 0 spiro atoms. The molecule has 82 valence electrons. The molecule has 0 aromatic carbocycles. The minimum atomic E-state index is 0.227. The summed E-state index contributed by atoms with van der Waals surface area (Å²) in [4.78, 5) is 10.6. The zero-order valence-corrected chi connectivity index (χ0v) is 8.89. The average molecular weight is 208 g/mol. The van der Waals surface area contributed by atoms with E-state index in [0.717, 1.165) is 31.7 Å². The van der Waals surface area contributed by atoms with E-state index < -0.39 is 0 Å². The van der Waals surface area contributed by atoms with Crippen LogP contribution in [0, 0.1) is 0 Å². The van der Waals surface area contributed by atoms with Crippen LogP contribution in [-0.4, -0.2) is 36.2 Å². The number of ether oxygens (including phenoxy) is 1. The third-order valence-electron chi connectivity index (χ3n) is 2.60. The molecule has 1 atom stereocenters. The first kappa shape index (κ1) is 10.2. The van der Waals surface area contributed by atoms with Crippen molar-refractivity contribution in [1.82, 2.24) is 9.97 Å². The summed E-state index contributed by atoms with van der Waals surface area (Å²) in [7, 11) is 1.61. The quantitative estimate of drug-likeness (QED) is 0.762. The number of anilines is 1. The smallest absolute Gasteiger partial charge is 0.257 e. The first-order valence-corrected chi connectivity index (χ1v) is 5.17. The fourth-order valence-corrected chi connectivity index (χ4v) is 1.88. The molecule has 1 saturated heterocycles. The minimum Gasteiger partial charge on any atom is -0.478 e. The first-order valence-electron chi connectivity index (χ1n) is 5.17. The third-order valence-corrected chi connectivity index (χ3v) is 2.60. The van der Waals surface area contributed by atoms with Gasteiger partial charge in [0.15, 0.2) is 5.82 Å². The van der Waals surface area contributed by atoms with Crippen LogP contribution in [0.2, 0.25) is 0 Å². The van der Waals surface area contributed by atoms with Crippen molar-refractivity contribution >= 4 is 5.82 Å². The third kappa shape index (κ3) is 2.18. The number of aromatic nitrogens is 2. The van der Waals surface area contributed by atoms with Crippen molar-refractivity contribution in [3.8, 4) is 5.88 Å². The number of nitrogens with two attached hydrogens (primary N) is 1. The van der Waals surface area contributed by atoms with Crippen molar-refractivity contribution in [3.05, 3.63) is 12.4 Å². The highest BCUT2D eigenvalue weighted by Crippen LogP contribution is 2.24. The molecular weight excluding hydrogens is 192 g/mol. The summed E-state index contributed by atoms with van der Waals surface area (Å²) in [6, 6.07) is 0.227. The monoisotopic (exact) mass is 208 g/mol. The Kier molecular flexibility index (Phi) is 3.01. The molecule has 5 heteroatoms.